The van der Waals surface area contributed by atoms with Crippen molar-refractivity contribution in [2.45, 2.75) is 91.8 Å². The first-order valence-corrected chi connectivity index (χ1v) is 13.8. The van der Waals surface area contributed by atoms with E-state index in [0.717, 1.165) is 32.1 Å². The van der Waals surface area contributed by atoms with E-state index in [1.807, 2.05) is 0 Å². The molecule has 0 bridgehead atoms. The Bertz CT molecular complexity index is 1230. The van der Waals surface area contributed by atoms with Gasteiger partial charge in [-0.1, -0.05) is 43.1 Å². The lowest BCUT2D eigenvalue weighted by Crippen LogP contribution is -2.44. The fourth-order valence-corrected chi connectivity index (χ4v) is 4.85. The minimum absolute atomic E-state index is 0.0785. The fourth-order valence-electron chi connectivity index (χ4n) is 4.85. The van der Waals surface area contributed by atoms with Crippen LogP contribution in [0.3, 0.4) is 0 Å². The number of methoxy groups -OCH3 is 1. The Morgan fingerprint density at radius 3 is 2.38 bits per heavy atom. The van der Waals surface area contributed by atoms with Crippen molar-refractivity contribution < 1.29 is 28.9 Å². The number of rotatable bonds is 13. The molecule has 2 aromatic rings. The summed E-state index contributed by atoms with van der Waals surface area (Å²) in [6.07, 6.45) is 9.83. The summed E-state index contributed by atoms with van der Waals surface area (Å²) in [5.41, 5.74) is 4.52. The Balaban J connectivity index is 2.12. The topological polar surface area (TPSA) is 82.1 Å². The average Bonchev–Trinajstić information content (AvgIpc) is 2.87. The molecule has 0 aliphatic carbocycles. The minimum atomic E-state index is -1.65. The number of phenolic OH excluding ortho intramolecular Hbond substituents is 1. The van der Waals surface area contributed by atoms with Crippen LogP contribution < -0.4 is 9.47 Å². The van der Waals surface area contributed by atoms with Crippen LogP contribution in [0.4, 0.5) is 0 Å². The van der Waals surface area contributed by atoms with Gasteiger partial charge in [0.1, 0.15) is 28.6 Å². The molecule has 210 valence electrons. The van der Waals surface area contributed by atoms with Gasteiger partial charge in [0.25, 0.3) is 5.79 Å². The van der Waals surface area contributed by atoms with Gasteiger partial charge in [0, 0.05) is 11.1 Å². The molecule has 2 aromatic carbocycles. The first-order chi connectivity index (χ1) is 18.6. The largest absolute Gasteiger partial charge is 0.508 e. The van der Waals surface area contributed by atoms with Gasteiger partial charge in [-0.3, -0.25) is 4.79 Å². The van der Waals surface area contributed by atoms with Crippen molar-refractivity contribution in [2.24, 2.45) is 0 Å². The number of ether oxygens (including phenoxy) is 3. The van der Waals surface area contributed by atoms with Crippen molar-refractivity contribution in [3.8, 4) is 17.2 Å². The number of hydrogen-bond donors (Lipinski definition) is 1. The Morgan fingerprint density at radius 1 is 1.05 bits per heavy atom. The average molecular weight is 535 g/mol. The molecule has 0 amide bonds. The number of unbranched alkanes of at least 4 members (excludes halogenated alkanes) is 2. The van der Waals surface area contributed by atoms with Gasteiger partial charge in [-0.15, -0.1) is 0 Å². The van der Waals surface area contributed by atoms with Crippen molar-refractivity contribution in [1.82, 2.24) is 0 Å². The summed E-state index contributed by atoms with van der Waals surface area (Å²) in [6.45, 7) is 9.78. The normalized spacial score (nSPS) is 16.7. The summed E-state index contributed by atoms with van der Waals surface area (Å²) in [4.78, 5) is 26.1. The number of Topliss-reactive ketones (excluding diaryl/α,β-unsaturated/α-hetero) is 1. The molecule has 1 heterocycles. The number of phenols is 1. The zero-order valence-electron chi connectivity index (χ0n) is 24.2. The van der Waals surface area contributed by atoms with Crippen molar-refractivity contribution in [3.63, 3.8) is 0 Å². The predicted molar refractivity (Wildman–Crippen MR) is 153 cm³/mol. The number of cyclic esters (lactones) is 1. The van der Waals surface area contributed by atoms with Gasteiger partial charge >= 0.3 is 5.97 Å². The molecule has 0 spiro atoms. The molecule has 1 atom stereocenters. The van der Waals surface area contributed by atoms with E-state index in [-0.39, 0.29) is 18.0 Å². The lowest BCUT2D eigenvalue weighted by atomic mass is 9.92. The number of carbonyl (C=O) groups is 2. The highest BCUT2D eigenvalue weighted by Gasteiger charge is 2.47. The predicted octanol–water partition coefficient (Wildman–Crippen LogP) is 7.75. The maximum atomic E-state index is 13.7. The summed E-state index contributed by atoms with van der Waals surface area (Å²) < 4.78 is 17.8. The highest BCUT2D eigenvalue weighted by atomic mass is 16.7. The van der Waals surface area contributed by atoms with Crippen LogP contribution in [0, 0.1) is 0 Å². The third-order valence-corrected chi connectivity index (χ3v) is 6.98. The van der Waals surface area contributed by atoms with E-state index >= 15 is 0 Å². The van der Waals surface area contributed by atoms with Gasteiger partial charge < -0.3 is 19.3 Å². The molecule has 6 heteroatoms. The van der Waals surface area contributed by atoms with E-state index in [1.165, 1.54) is 18.1 Å². The van der Waals surface area contributed by atoms with E-state index in [1.54, 1.807) is 37.4 Å². The van der Waals surface area contributed by atoms with Crippen LogP contribution in [0.1, 0.15) is 100 Å². The Morgan fingerprint density at radius 2 is 1.77 bits per heavy atom. The van der Waals surface area contributed by atoms with E-state index in [4.69, 9.17) is 14.2 Å². The second kappa shape index (κ2) is 13.5. The lowest BCUT2D eigenvalue weighted by molar-refractivity contribution is -0.172. The number of hydrogen-bond acceptors (Lipinski definition) is 6. The molecule has 0 radical (unpaired) electrons. The first-order valence-electron chi connectivity index (χ1n) is 13.8. The maximum absolute atomic E-state index is 13.7. The van der Waals surface area contributed by atoms with Gasteiger partial charge in [0.2, 0.25) is 0 Å². The van der Waals surface area contributed by atoms with Crippen LogP contribution in [-0.2, 0) is 28.2 Å². The van der Waals surface area contributed by atoms with Crippen molar-refractivity contribution in [1.29, 1.82) is 0 Å². The zero-order valence-corrected chi connectivity index (χ0v) is 24.2. The fraction of sp³-hybridized carbons (Fsp3) is 0.455. The second-order valence-electron chi connectivity index (χ2n) is 10.6. The smallest absolute Gasteiger partial charge is 0.345 e. The quantitative estimate of drug-likeness (QED) is 0.161. The summed E-state index contributed by atoms with van der Waals surface area (Å²) in [5, 5.41) is 11.2. The van der Waals surface area contributed by atoms with Gasteiger partial charge in [0.15, 0.2) is 0 Å². The molecule has 0 saturated carbocycles. The monoisotopic (exact) mass is 534 g/mol. The van der Waals surface area contributed by atoms with E-state index in [2.05, 4.69) is 39.8 Å². The minimum Gasteiger partial charge on any atom is -0.508 e. The number of carbonyl (C=O) groups excluding carboxylic acids is 2. The van der Waals surface area contributed by atoms with Crippen LogP contribution in [0.25, 0.3) is 0 Å². The number of esters is 1. The number of aromatic hydroxyl groups is 1. The molecule has 3 rings (SSSR count). The molecule has 0 aromatic heterocycles. The second-order valence-corrected chi connectivity index (χ2v) is 10.6. The molecule has 1 N–H and O–H groups in total. The first kappa shape index (κ1) is 30.0. The molecule has 0 saturated heterocycles. The van der Waals surface area contributed by atoms with Crippen molar-refractivity contribution in [2.75, 3.05) is 7.11 Å². The Kier molecular flexibility index (Phi) is 10.4. The third-order valence-electron chi connectivity index (χ3n) is 6.98. The third kappa shape index (κ3) is 7.53. The van der Waals surface area contributed by atoms with E-state index < -0.39 is 11.8 Å². The Labute approximate surface area is 232 Å². The molecule has 0 fully saturated rings. The van der Waals surface area contributed by atoms with Crippen LogP contribution in [-0.4, -0.2) is 24.0 Å². The van der Waals surface area contributed by atoms with Gasteiger partial charge in [-0.05, 0) is 95.7 Å². The SMILES string of the molecule is CCCCCc1cc(O)c(CC=C(C)CCC=C(C)C)c2c1C(=O)OC(CC(C)=O)(c1ccc(OC)cc1)O2. The number of aryl methyl sites for hydroxylation is 1. The van der Waals surface area contributed by atoms with E-state index in [0.29, 0.717) is 46.6 Å². The molecular weight excluding hydrogens is 492 g/mol. The van der Waals surface area contributed by atoms with Gasteiger partial charge in [-0.2, -0.15) is 0 Å². The Hall–Kier alpha value is -3.54. The lowest BCUT2D eigenvalue weighted by Gasteiger charge is -2.39. The molecular formula is C33H42O6. The number of allylic oxidation sites excluding steroid dienone is 4. The molecule has 1 aliphatic rings. The van der Waals surface area contributed by atoms with Crippen LogP contribution in [0.2, 0.25) is 0 Å². The summed E-state index contributed by atoms with van der Waals surface area (Å²) in [5.74, 6) is -1.39. The standard InChI is InChI=1S/C33H42O6/c1-7-8-9-13-25-20-29(35)28(19-14-23(4)12-10-11-22(2)3)31-30(25)32(36)39-33(38-31,21-24(5)34)26-15-17-27(37-6)18-16-26/h11,14-18,20,35H,7-10,12-13,19,21H2,1-6H3. The van der Waals surface area contributed by atoms with Crippen LogP contribution in [0.5, 0.6) is 17.2 Å². The van der Waals surface area contributed by atoms with Crippen molar-refractivity contribution in [3.05, 3.63) is 75.9 Å². The molecule has 6 nitrogen and oxygen atoms in total. The van der Waals surface area contributed by atoms with Crippen molar-refractivity contribution >= 4 is 11.8 Å². The number of benzene rings is 2. The summed E-state index contributed by atoms with van der Waals surface area (Å²) in [6, 6.07) is 8.62. The number of fused-ring (bicyclic) bond motifs is 1. The molecule has 39 heavy (non-hydrogen) atoms. The maximum Gasteiger partial charge on any atom is 0.345 e. The highest BCUT2D eigenvalue weighted by molar-refractivity contribution is 5.97. The highest BCUT2D eigenvalue weighted by Crippen LogP contribution is 2.46. The molecule has 1 unspecified atom stereocenters. The summed E-state index contributed by atoms with van der Waals surface area (Å²) in [7, 11) is 1.57. The number of ketones is 1. The zero-order chi connectivity index (χ0) is 28.6. The van der Waals surface area contributed by atoms with Gasteiger partial charge in [0.05, 0.1) is 13.5 Å². The van der Waals surface area contributed by atoms with Crippen LogP contribution in [0.15, 0.2) is 53.6 Å². The van der Waals surface area contributed by atoms with Crippen LogP contribution >= 0.6 is 0 Å². The molecule has 1 aliphatic heterocycles. The van der Waals surface area contributed by atoms with E-state index in [9.17, 15) is 14.7 Å². The van der Waals surface area contributed by atoms with Gasteiger partial charge in [-0.25, -0.2) is 4.79 Å². The summed E-state index contributed by atoms with van der Waals surface area (Å²) >= 11 is 0.